The molecule has 0 aromatic rings. The number of cyclic esters (lactones) is 1. The molecule has 1 aliphatic heterocycles. The molecule has 1 heterocycles. The molecule has 2 aliphatic carbocycles. The van der Waals surface area contributed by atoms with Crippen molar-refractivity contribution in [3.8, 4) is 0 Å². The fourth-order valence-electron chi connectivity index (χ4n) is 4.97. The lowest BCUT2D eigenvalue weighted by Gasteiger charge is -2.23. The molecule has 2 fully saturated rings. The first-order chi connectivity index (χ1) is 12.6. The molecule has 4 nitrogen and oxygen atoms in total. The number of carbonyl (C=O) groups is 2. The number of hydrogen-bond acceptors (Lipinski definition) is 4. The smallest absolute Gasteiger partial charge is 0.346 e. The maximum Gasteiger partial charge on any atom is 0.346 e. The fraction of sp³-hybridized carbons (Fsp3) is 0.818. The van der Waals surface area contributed by atoms with E-state index in [-0.39, 0.29) is 17.1 Å². The molecule has 0 radical (unpaired) electrons. The Balaban J connectivity index is 1.44. The molecular weight excluding hydrogens is 328 g/mol. The summed E-state index contributed by atoms with van der Waals surface area (Å²) in [4.78, 5) is 24.5. The maximum atomic E-state index is 12.4. The molecule has 1 unspecified atom stereocenters. The van der Waals surface area contributed by atoms with Gasteiger partial charge in [0.1, 0.15) is 5.57 Å². The van der Waals surface area contributed by atoms with Crippen LogP contribution in [0.15, 0.2) is 11.3 Å². The van der Waals surface area contributed by atoms with Crippen LogP contribution in [0.3, 0.4) is 0 Å². The first-order valence-electron chi connectivity index (χ1n) is 10.8. The molecule has 0 aromatic heterocycles. The highest BCUT2D eigenvalue weighted by molar-refractivity contribution is 6.19. The molecule has 0 saturated heterocycles. The van der Waals surface area contributed by atoms with Crippen LogP contribution in [0.25, 0.3) is 0 Å². The van der Waals surface area contributed by atoms with Crippen molar-refractivity contribution in [2.45, 2.75) is 102 Å². The third kappa shape index (κ3) is 5.11. The van der Waals surface area contributed by atoms with E-state index in [1.165, 1.54) is 57.8 Å². The fourth-order valence-corrected chi connectivity index (χ4v) is 4.97. The summed E-state index contributed by atoms with van der Waals surface area (Å²) >= 11 is 0. The predicted molar refractivity (Wildman–Crippen MR) is 101 cm³/mol. The van der Waals surface area contributed by atoms with E-state index in [1.54, 1.807) is 0 Å². The topological polar surface area (TPSA) is 63.6 Å². The van der Waals surface area contributed by atoms with Crippen molar-refractivity contribution in [1.82, 2.24) is 0 Å². The van der Waals surface area contributed by atoms with Gasteiger partial charge < -0.3 is 9.84 Å². The lowest BCUT2D eigenvalue weighted by atomic mass is 9.85. The summed E-state index contributed by atoms with van der Waals surface area (Å²) in [6.07, 6.45) is 16.1. The molecular formula is C22H34O4. The zero-order valence-corrected chi connectivity index (χ0v) is 16.0. The van der Waals surface area contributed by atoms with Crippen LogP contribution in [0, 0.1) is 11.8 Å². The number of ether oxygens (including phenoxy) is 1. The SMILES string of the molecule is O=C(CCCCC1CCCCC1)C1=C(O)C(CC2CCCCC2)OC1=O. The van der Waals surface area contributed by atoms with E-state index in [0.29, 0.717) is 18.8 Å². The minimum Gasteiger partial charge on any atom is -0.507 e. The Hall–Kier alpha value is -1.32. The van der Waals surface area contributed by atoms with Crippen LogP contribution in [0.4, 0.5) is 0 Å². The van der Waals surface area contributed by atoms with Gasteiger partial charge in [0, 0.05) is 6.42 Å². The second kappa shape index (κ2) is 9.57. The van der Waals surface area contributed by atoms with Gasteiger partial charge in [-0.15, -0.1) is 0 Å². The highest BCUT2D eigenvalue weighted by Crippen LogP contribution is 2.33. The average Bonchev–Trinajstić information content (AvgIpc) is 2.94. The summed E-state index contributed by atoms with van der Waals surface area (Å²) in [7, 11) is 0. The lowest BCUT2D eigenvalue weighted by molar-refractivity contribution is -0.141. The van der Waals surface area contributed by atoms with E-state index in [9.17, 15) is 14.7 Å². The third-order valence-corrected chi connectivity index (χ3v) is 6.56. The van der Waals surface area contributed by atoms with Crippen molar-refractivity contribution in [2.24, 2.45) is 11.8 Å². The summed E-state index contributed by atoms with van der Waals surface area (Å²) in [6, 6.07) is 0. The van der Waals surface area contributed by atoms with Gasteiger partial charge in [-0.3, -0.25) is 4.79 Å². The highest BCUT2D eigenvalue weighted by Gasteiger charge is 2.39. The molecule has 0 spiro atoms. The molecule has 0 amide bonds. The molecule has 26 heavy (non-hydrogen) atoms. The molecule has 146 valence electrons. The zero-order valence-electron chi connectivity index (χ0n) is 16.0. The number of Topliss-reactive ketones (excluding diaryl/α,β-unsaturated/α-hetero) is 1. The van der Waals surface area contributed by atoms with Gasteiger partial charge in [-0.25, -0.2) is 4.79 Å². The standard InChI is InChI=1S/C22H34O4/c23-18(14-8-7-11-16-9-3-1-4-10-16)20-21(24)19(26-22(20)25)15-17-12-5-2-6-13-17/h16-17,19,24H,1-15H2. The zero-order chi connectivity index (χ0) is 18.4. The lowest BCUT2D eigenvalue weighted by Crippen LogP contribution is -2.18. The van der Waals surface area contributed by atoms with Crippen LogP contribution in [0.5, 0.6) is 0 Å². The Morgan fingerprint density at radius 3 is 2.19 bits per heavy atom. The average molecular weight is 363 g/mol. The monoisotopic (exact) mass is 362 g/mol. The molecule has 0 bridgehead atoms. The minimum atomic E-state index is -0.611. The Morgan fingerprint density at radius 1 is 0.923 bits per heavy atom. The number of carbonyl (C=O) groups excluding carboxylic acids is 2. The minimum absolute atomic E-state index is 0.0662. The van der Waals surface area contributed by atoms with Crippen LogP contribution in [-0.2, 0) is 14.3 Å². The van der Waals surface area contributed by atoms with Crippen molar-refractivity contribution in [2.75, 3.05) is 0 Å². The van der Waals surface area contributed by atoms with E-state index in [2.05, 4.69) is 0 Å². The number of ketones is 1. The van der Waals surface area contributed by atoms with Crippen LogP contribution in [0.2, 0.25) is 0 Å². The van der Waals surface area contributed by atoms with Gasteiger partial charge in [0.25, 0.3) is 0 Å². The van der Waals surface area contributed by atoms with Crippen molar-refractivity contribution < 1.29 is 19.4 Å². The van der Waals surface area contributed by atoms with E-state index in [4.69, 9.17) is 4.74 Å². The van der Waals surface area contributed by atoms with Crippen LogP contribution >= 0.6 is 0 Å². The van der Waals surface area contributed by atoms with Gasteiger partial charge in [0.05, 0.1) is 0 Å². The predicted octanol–water partition coefficient (Wildman–Crippen LogP) is 5.40. The number of hydrogen-bond donors (Lipinski definition) is 1. The van der Waals surface area contributed by atoms with Crippen LogP contribution in [-0.4, -0.2) is 23.0 Å². The first-order valence-corrected chi connectivity index (χ1v) is 10.8. The van der Waals surface area contributed by atoms with Gasteiger partial charge in [0.2, 0.25) is 0 Å². The Labute approximate surface area is 157 Å². The van der Waals surface area contributed by atoms with Gasteiger partial charge in [0.15, 0.2) is 17.6 Å². The second-order valence-electron chi connectivity index (χ2n) is 8.57. The largest absolute Gasteiger partial charge is 0.507 e. The molecule has 0 aromatic carbocycles. The van der Waals surface area contributed by atoms with Crippen molar-refractivity contribution in [3.63, 3.8) is 0 Å². The summed E-state index contributed by atoms with van der Waals surface area (Å²) in [5.41, 5.74) is -0.0662. The maximum absolute atomic E-state index is 12.4. The summed E-state index contributed by atoms with van der Waals surface area (Å²) in [5.74, 6) is 0.372. The number of unbranched alkanes of at least 4 members (excludes halogenated alkanes) is 1. The van der Waals surface area contributed by atoms with E-state index >= 15 is 0 Å². The van der Waals surface area contributed by atoms with Crippen molar-refractivity contribution in [1.29, 1.82) is 0 Å². The van der Waals surface area contributed by atoms with E-state index < -0.39 is 12.1 Å². The molecule has 4 heteroatoms. The van der Waals surface area contributed by atoms with Gasteiger partial charge in [-0.1, -0.05) is 77.0 Å². The van der Waals surface area contributed by atoms with E-state index in [0.717, 1.165) is 31.6 Å². The number of aliphatic hydroxyl groups excluding tert-OH is 1. The Bertz CT molecular complexity index is 524. The number of rotatable bonds is 8. The van der Waals surface area contributed by atoms with Crippen LogP contribution in [0.1, 0.15) is 96.3 Å². The molecule has 3 rings (SSSR count). The van der Waals surface area contributed by atoms with E-state index in [1.807, 2.05) is 0 Å². The van der Waals surface area contributed by atoms with Crippen molar-refractivity contribution in [3.05, 3.63) is 11.3 Å². The first kappa shape index (κ1) is 19.4. The summed E-state index contributed by atoms with van der Waals surface area (Å²) in [6.45, 7) is 0. The molecule has 1 N–H and O–H groups in total. The molecule has 3 aliphatic rings. The Kier molecular flexibility index (Phi) is 7.15. The summed E-state index contributed by atoms with van der Waals surface area (Å²) < 4.78 is 5.33. The number of esters is 1. The van der Waals surface area contributed by atoms with Gasteiger partial charge in [-0.05, 0) is 24.7 Å². The third-order valence-electron chi connectivity index (χ3n) is 6.56. The normalized spacial score (nSPS) is 25.5. The van der Waals surface area contributed by atoms with Gasteiger partial charge >= 0.3 is 5.97 Å². The molecule has 1 atom stereocenters. The Morgan fingerprint density at radius 2 is 1.54 bits per heavy atom. The highest BCUT2D eigenvalue weighted by atomic mass is 16.6. The number of aliphatic hydroxyl groups is 1. The second-order valence-corrected chi connectivity index (χ2v) is 8.57. The summed E-state index contributed by atoms with van der Waals surface area (Å²) in [5, 5.41) is 10.4. The van der Waals surface area contributed by atoms with Crippen molar-refractivity contribution >= 4 is 11.8 Å². The van der Waals surface area contributed by atoms with Gasteiger partial charge in [-0.2, -0.15) is 0 Å². The molecule has 2 saturated carbocycles. The quantitative estimate of drug-likeness (QED) is 0.356. The van der Waals surface area contributed by atoms with Crippen LogP contribution < -0.4 is 0 Å².